The van der Waals surface area contributed by atoms with Crippen molar-refractivity contribution in [2.45, 2.75) is 46.8 Å². The SMILES string of the molecule is Cc1ccccc1CN(Cc1nc(C(=O)N2CCN(C)CC2)co1)C(C)C(C)C. The van der Waals surface area contributed by atoms with Gasteiger partial charge in [-0.05, 0) is 37.9 Å². The van der Waals surface area contributed by atoms with Gasteiger partial charge in [0, 0.05) is 38.8 Å². The highest BCUT2D eigenvalue weighted by atomic mass is 16.3. The van der Waals surface area contributed by atoms with E-state index in [1.807, 2.05) is 4.90 Å². The number of amides is 1. The Kier molecular flexibility index (Phi) is 7.09. The highest BCUT2D eigenvalue weighted by Crippen LogP contribution is 2.20. The van der Waals surface area contributed by atoms with Crippen LogP contribution in [0.5, 0.6) is 0 Å². The van der Waals surface area contributed by atoms with E-state index in [0.717, 1.165) is 32.7 Å². The second kappa shape index (κ2) is 9.55. The summed E-state index contributed by atoms with van der Waals surface area (Å²) >= 11 is 0. The number of aryl methyl sites for hydroxylation is 1. The molecule has 1 aromatic heterocycles. The van der Waals surface area contributed by atoms with Gasteiger partial charge in [-0.15, -0.1) is 0 Å². The molecule has 0 aliphatic carbocycles. The van der Waals surface area contributed by atoms with E-state index in [1.54, 1.807) is 0 Å². The number of hydrogen-bond acceptors (Lipinski definition) is 5. The minimum absolute atomic E-state index is 0.0320. The van der Waals surface area contributed by atoms with Gasteiger partial charge < -0.3 is 14.2 Å². The van der Waals surface area contributed by atoms with Crippen molar-refractivity contribution in [2.24, 2.45) is 5.92 Å². The lowest BCUT2D eigenvalue weighted by atomic mass is 10.0. The number of carbonyl (C=O) groups excluding carboxylic acids is 1. The van der Waals surface area contributed by atoms with E-state index in [1.165, 1.54) is 17.4 Å². The number of oxazole rings is 1. The monoisotopic (exact) mass is 398 g/mol. The van der Waals surface area contributed by atoms with E-state index in [0.29, 0.717) is 30.1 Å². The quantitative estimate of drug-likeness (QED) is 0.715. The van der Waals surface area contributed by atoms with Crippen LogP contribution in [0.2, 0.25) is 0 Å². The molecule has 1 aromatic carbocycles. The Morgan fingerprint density at radius 3 is 2.48 bits per heavy atom. The topological polar surface area (TPSA) is 52.8 Å². The molecule has 0 N–H and O–H groups in total. The van der Waals surface area contributed by atoms with Crippen molar-refractivity contribution in [3.63, 3.8) is 0 Å². The lowest BCUT2D eigenvalue weighted by Gasteiger charge is -2.32. The first kappa shape index (κ1) is 21.5. The van der Waals surface area contributed by atoms with Crippen LogP contribution in [-0.2, 0) is 13.1 Å². The second-order valence-electron chi connectivity index (χ2n) is 8.54. The summed E-state index contributed by atoms with van der Waals surface area (Å²) in [7, 11) is 2.08. The highest BCUT2D eigenvalue weighted by Gasteiger charge is 2.25. The van der Waals surface area contributed by atoms with Crippen LogP contribution in [0.3, 0.4) is 0 Å². The number of aromatic nitrogens is 1. The molecule has 0 spiro atoms. The van der Waals surface area contributed by atoms with E-state index in [9.17, 15) is 4.79 Å². The Bertz CT molecular complexity index is 809. The molecule has 29 heavy (non-hydrogen) atoms. The number of nitrogens with zero attached hydrogens (tertiary/aromatic N) is 4. The van der Waals surface area contributed by atoms with Gasteiger partial charge in [0.2, 0.25) is 5.89 Å². The van der Waals surface area contributed by atoms with Crippen LogP contribution in [0.4, 0.5) is 0 Å². The molecule has 6 heteroatoms. The summed E-state index contributed by atoms with van der Waals surface area (Å²) in [5.74, 6) is 1.07. The van der Waals surface area contributed by atoms with Gasteiger partial charge in [-0.2, -0.15) is 0 Å². The van der Waals surface area contributed by atoms with Crippen LogP contribution < -0.4 is 0 Å². The molecule has 158 valence electrons. The normalized spacial score (nSPS) is 16.6. The van der Waals surface area contributed by atoms with Crippen molar-refractivity contribution in [2.75, 3.05) is 33.2 Å². The number of carbonyl (C=O) groups is 1. The first-order valence-corrected chi connectivity index (χ1v) is 10.6. The molecule has 1 unspecified atom stereocenters. The summed E-state index contributed by atoms with van der Waals surface area (Å²) in [5, 5.41) is 0. The third kappa shape index (κ3) is 5.46. The van der Waals surface area contributed by atoms with Crippen LogP contribution in [0.25, 0.3) is 0 Å². The number of rotatable bonds is 7. The van der Waals surface area contributed by atoms with Crippen molar-refractivity contribution >= 4 is 5.91 Å². The molecule has 3 rings (SSSR count). The molecule has 2 heterocycles. The molecular weight excluding hydrogens is 364 g/mol. The van der Waals surface area contributed by atoms with Crippen molar-refractivity contribution in [1.29, 1.82) is 0 Å². The molecule has 1 aliphatic heterocycles. The summed E-state index contributed by atoms with van der Waals surface area (Å²) in [4.78, 5) is 23.8. The Labute approximate surface area is 174 Å². The third-order valence-electron chi connectivity index (χ3n) is 6.08. The van der Waals surface area contributed by atoms with Crippen LogP contribution in [0, 0.1) is 12.8 Å². The summed E-state index contributed by atoms with van der Waals surface area (Å²) in [6.45, 7) is 13.5. The van der Waals surface area contributed by atoms with Crippen LogP contribution >= 0.6 is 0 Å². The highest BCUT2D eigenvalue weighted by molar-refractivity contribution is 5.92. The zero-order chi connectivity index (χ0) is 21.0. The molecule has 0 saturated carbocycles. The number of likely N-dealkylation sites (N-methyl/N-ethyl adjacent to an activating group) is 1. The van der Waals surface area contributed by atoms with Crippen molar-refractivity contribution < 1.29 is 9.21 Å². The predicted octanol–water partition coefficient (Wildman–Crippen LogP) is 3.42. The summed E-state index contributed by atoms with van der Waals surface area (Å²) in [6.07, 6.45) is 1.52. The average Bonchev–Trinajstić information content (AvgIpc) is 3.17. The van der Waals surface area contributed by atoms with Gasteiger partial charge in [0.1, 0.15) is 6.26 Å². The Morgan fingerprint density at radius 1 is 1.14 bits per heavy atom. The minimum Gasteiger partial charge on any atom is -0.447 e. The molecule has 1 amide bonds. The average molecular weight is 399 g/mol. The van der Waals surface area contributed by atoms with Crippen LogP contribution in [0.15, 0.2) is 34.9 Å². The van der Waals surface area contributed by atoms with Gasteiger partial charge in [0.25, 0.3) is 5.91 Å². The predicted molar refractivity (Wildman–Crippen MR) is 115 cm³/mol. The molecule has 6 nitrogen and oxygen atoms in total. The fraction of sp³-hybridized carbons (Fsp3) is 0.565. The van der Waals surface area contributed by atoms with Gasteiger partial charge >= 0.3 is 0 Å². The van der Waals surface area contributed by atoms with Crippen molar-refractivity contribution in [1.82, 2.24) is 19.7 Å². The second-order valence-corrected chi connectivity index (χ2v) is 8.54. The Hall–Kier alpha value is -2.18. The van der Waals surface area contributed by atoms with Crippen molar-refractivity contribution in [3.8, 4) is 0 Å². The maximum Gasteiger partial charge on any atom is 0.275 e. The standard InChI is InChI=1S/C23H34N4O2/c1-17(2)19(4)27(14-20-9-7-6-8-18(20)3)15-22-24-21(16-29-22)23(28)26-12-10-25(5)11-13-26/h6-9,16-17,19H,10-15H2,1-5H3. The zero-order valence-corrected chi connectivity index (χ0v) is 18.4. The van der Waals surface area contributed by atoms with E-state index < -0.39 is 0 Å². The van der Waals surface area contributed by atoms with E-state index in [2.05, 4.69) is 73.8 Å². The molecule has 0 radical (unpaired) electrons. The lowest BCUT2D eigenvalue weighted by molar-refractivity contribution is 0.0658. The summed E-state index contributed by atoms with van der Waals surface area (Å²) < 4.78 is 5.72. The number of piperazine rings is 1. The number of hydrogen-bond donors (Lipinski definition) is 0. The summed E-state index contributed by atoms with van der Waals surface area (Å²) in [5.41, 5.74) is 3.00. The van der Waals surface area contributed by atoms with E-state index in [-0.39, 0.29) is 5.91 Å². The van der Waals surface area contributed by atoms with Gasteiger partial charge in [-0.3, -0.25) is 9.69 Å². The largest absolute Gasteiger partial charge is 0.447 e. The van der Waals surface area contributed by atoms with Gasteiger partial charge in [0.05, 0.1) is 6.54 Å². The van der Waals surface area contributed by atoms with Crippen LogP contribution in [0.1, 0.15) is 48.3 Å². The van der Waals surface area contributed by atoms with Crippen LogP contribution in [-0.4, -0.2) is 64.9 Å². The van der Waals surface area contributed by atoms with Crippen molar-refractivity contribution in [3.05, 3.63) is 53.2 Å². The smallest absolute Gasteiger partial charge is 0.275 e. The van der Waals surface area contributed by atoms with E-state index >= 15 is 0 Å². The molecule has 0 bridgehead atoms. The first-order chi connectivity index (χ1) is 13.8. The maximum atomic E-state index is 12.8. The van der Waals surface area contributed by atoms with Gasteiger partial charge in [-0.1, -0.05) is 38.1 Å². The fourth-order valence-corrected chi connectivity index (χ4v) is 3.60. The maximum absolute atomic E-state index is 12.8. The zero-order valence-electron chi connectivity index (χ0n) is 18.4. The first-order valence-electron chi connectivity index (χ1n) is 10.6. The molecular formula is C23H34N4O2. The van der Waals surface area contributed by atoms with Gasteiger partial charge in [-0.25, -0.2) is 4.98 Å². The molecule has 1 fully saturated rings. The number of benzene rings is 1. The lowest BCUT2D eigenvalue weighted by Crippen LogP contribution is -2.47. The van der Waals surface area contributed by atoms with E-state index in [4.69, 9.17) is 4.42 Å². The Morgan fingerprint density at radius 2 is 1.83 bits per heavy atom. The minimum atomic E-state index is -0.0320. The fourth-order valence-electron chi connectivity index (χ4n) is 3.60. The third-order valence-corrected chi connectivity index (χ3v) is 6.08. The molecule has 1 saturated heterocycles. The summed E-state index contributed by atoms with van der Waals surface area (Å²) in [6, 6.07) is 8.83. The van der Waals surface area contributed by atoms with Gasteiger partial charge in [0.15, 0.2) is 5.69 Å². The molecule has 2 aromatic rings. The Balaban J connectivity index is 1.71. The molecule has 1 atom stereocenters. The molecule has 1 aliphatic rings.